The number of amides is 2. The third-order valence-electron chi connectivity index (χ3n) is 8.22. The molecule has 9 nitrogen and oxygen atoms in total. The van der Waals surface area contributed by atoms with Gasteiger partial charge in [-0.05, 0) is 54.1 Å². The maximum atomic E-state index is 13.6. The van der Waals surface area contributed by atoms with Crippen molar-refractivity contribution in [3.05, 3.63) is 145 Å². The second-order valence-electron chi connectivity index (χ2n) is 10.6. The largest absolute Gasteiger partial charge is 0.496 e. The summed E-state index contributed by atoms with van der Waals surface area (Å²) in [5, 5.41) is 1.13. The van der Waals surface area contributed by atoms with Crippen LogP contribution in [-0.4, -0.2) is 23.8 Å². The van der Waals surface area contributed by atoms with Crippen molar-refractivity contribution >= 4 is 33.8 Å². The van der Waals surface area contributed by atoms with E-state index in [2.05, 4.69) is 0 Å². The number of benzene rings is 4. The molecule has 0 unspecified atom stereocenters. The van der Waals surface area contributed by atoms with Crippen molar-refractivity contribution in [1.82, 2.24) is 4.90 Å². The Hall–Kier alpha value is -5.96. The monoisotopic (exact) mass is 583 g/mol. The number of hydrogen-bond donors (Lipinski definition) is 0. The predicted molar refractivity (Wildman–Crippen MR) is 160 cm³/mol. The maximum Gasteiger partial charge on any atom is 0.344 e. The molecule has 2 amide bonds. The Kier molecular flexibility index (Phi) is 5.57. The molecule has 8 rings (SSSR count). The Bertz CT molecular complexity index is 2200. The zero-order valence-corrected chi connectivity index (χ0v) is 23.2. The van der Waals surface area contributed by atoms with E-state index in [1.165, 1.54) is 7.11 Å². The number of carbonyl (C=O) groups excluding carboxylic acids is 2. The molecule has 0 N–H and O–H groups in total. The van der Waals surface area contributed by atoms with Crippen LogP contribution < -0.4 is 20.7 Å². The number of carbonyl (C=O) groups is 2. The molecule has 0 spiro atoms. The van der Waals surface area contributed by atoms with Crippen LogP contribution in [0.1, 0.15) is 48.9 Å². The summed E-state index contributed by atoms with van der Waals surface area (Å²) in [6.07, 6.45) is 0. The van der Waals surface area contributed by atoms with Gasteiger partial charge in [0, 0.05) is 5.56 Å². The van der Waals surface area contributed by atoms with Crippen LogP contribution in [0.3, 0.4) is 0 Å². The van der Waals surface area contributed by atoms with Crippen molar-refractivity contribution in [2.75, 3.05) is 7.11 Å². The third-order valence-corrected chi connectivity index (χ3v) is 8.22. The topological polar surface area (TPSA) is 116 Å². The van der Waals surface area contributed by atoms with E-state index in [-0.39, 0.29) is 29.2 Å². The van der Waals surface area contributed by atoms with Gasteiger partial charge < -0.3 is 18.3 Å². The molecule has 0 radical (unpaired) electrons. The Balaban J connectivity index is 1.36. The molecule has 0 fully saturated rings. The summed E-state index contributed by atoms with van der Waals surface area (Å²) in [5.41, 5.74) is 1.30. The number of imide groups is 1. The van der Waals surface area contributed by atoms with Gasteiger partial charge in [0.15, 0.2) is 0 Å². The molecule has 6 aromatic rings. The molecule has 2 aromatic heterocycles. The van der Waals surface area contributed by atoms with Crippen molar-refractivity contribution < 1.29 is 27.9 Å². The summed E-state index contributed by atoms with van der Waals surface area (Å²) in [5.74, 6) is -0.806. The summed E-state index contributed by atoms with van der Waals surface area (Å²) in [6.45, 7) is -0.0923. The molecule has 0 saturated carbocycles. The number of fused-ring (bicyclic) bond motifs is 7. The number of hydrogen-bond acceptors (Lipinski definition) is 8. The zero-order valence-electron chi connectivity index (χ0n) is 23.2. The molecule has 214 valence electrons. The van der Waals surface area contributed by atoms with Gasteiger partial charge in [-0.1, -0.05) is 42.5 Å². The number of para-hydroxylation sites is 2. The van der Waals surface area contributed by atoms with Crippen molar-refractivity contribution in [3.63, 3.8) is 0 Å². The summed E-state index contributed by atoms with van der Waals surface area (Å²) in [7, 11) is 1.49. The first kappa shape index (κ1) is 25.7. The van der Waals surface area contributed by atoms with Gasteiger partial charge in [-0.2, -0.15) is 0 Å². The molecule has 44 heavy (non-hydrogen) atoms. The minimum Gasteiger partial charge on any atom is -0.496 e. The van der Waals surface area contributed by atoms with E-state index in [1.807, 2.05) is 12.1 Å². The lowest BCUT2D eigenvalue weighted by molar-refractivity contribution is 0.0641. The van der Waals surface area contributed by atoms with E-state index in [4.69, 9.17) is 18.3 Å². The predicted octanol–water partition coefficient (Wildman–Crippen LogP) is 5.99. The Labute approximate surface area is 248 Å². The van der Waals surface area contributed by atoms with Crippen molar-refractivity contribution in [1.29, 1.82) is 0 Å². The number of nitrogens with zero attached hydrogens (tertiary/aromatic N) is 1. The Morgan fingerprint density at radius 3 is 1.75 bits per heavy atom. The fraction of sp³-hybridized carbons (Fsp3) is 0.0857. The van der Waals surface area contributed by atoms with E-state index in [1.54, 1.807) is 78.9 Å². The van der Waals surface area contributed by atoms with Gasteiger partial charge in [0.2, 0.25) is 0 Å². The average Bonchev–Trinajstić information content (AvgIpc) is 3.29. The van der Waals surface area contributed by atoms with E-state index >= 15 is 0 Å². The molecule has 0 atom stereocenters. The SMILES string of the molecule is COc1ccc(C2c3c(c4ccccc4oc3=O)Oc3c2c(=O)oc2ccccc32)cc1CN1C(=O)c2ccccc2C1=O. The van der Waals surface area contributed by atoms with Crippen molar-refractivity contribution in [3.8, 4) is 17.2 Å². The van der Waals surface area contributed by atoms with Gasteiger partial charge in [0.25, 0.3) is 11.8 Å². The lowest BCUT2D eigenvalue weighted by Gasteiger charge is -2.28. The van der Waals surface area contributed by atoms with Crippen LogP contribution in [0.15, 0.2) is 109 Å². The summed E-state index contributed by atoms with van der Waals surface area (Å²) in [4.78, 5) is 54.8. The fourth-order valence-electron chi connectivity index (χ4n) is 6.22. The summed E-state index contributed by atoms with van der Waals surface area (Å²) < 4.78 is 23.5. The van der Waals surface area contributed by atoms with Gasteiger partial charge in [-0.15, -0.1) is 0 Å². The molecular weight excluding hydrogens is 562 g/mol. The molecule has 2 aliphatic heterocycles. The van der Waals surface area contributed by atoms with Crippen LogP contribution >= 0.6 is 0 Å². The average molecular weight is 584 g/mol. The molecule has 4 heterocycles. The lowest BCUT2D eigenvalue weighted by atomic mass is 9.82. The number of ether oxygens (including phenoxy) is 2. The molecule has 0 aliphatic carbocycles. The molecule has 4 aromatic carbocycles. The minimum atomic E-state index is -0.956. The highest BCUT2D eigenvalue weighted by Gasteiger charge is 2.39. The fourth-order valence-corrected chi connectivity index (χ4v) is 6.22. The Morgan fingerprint density at radius 2 is 1.20 bits per heavy atom. The highest BCUT2D eigenvalue weighted by molar-refractivity contribution is 6.21. The second-order valence-corrected chi connectivity index (χ2v) is 10.6. The number of rotatable bonds is 4. The van der Waals surface area contributed by atoms with Crippen LogP contribution in [-0.2, 0) is 6.54 Å². The van der Waals surface area contributed by atoms with Gasteiger partial charge in [0.1, 0.15) is 28.4 Å². The van der Waals surface area contributed by atoms with Gasteiger partial charge in [-0.3, -0.25) is 14.5 Å². The molecule has 0 saturated heterocycles. The van der Waals surface area contributed by atoms with Crippen LogP contribution in [0.4, 0.5) is 0 Å². The van der Waals surface area contributed by atoms with E-state index in [0.717, 1.165) is 4.90 Å². The minimum absolute atomic E-state index is 0.0923. The normalized spacial score (nSPS) is 14.0. The first-order valence-electron chi connectivity index (χ1n) is 13.9. The first-order chi connectivity index (χ1) is 21.4. The van der Waals surface area contributed by atoms with E-state index in [0.29, 0.717) is 49.9 Å². The smallest absolute Gasteiger partial charge is 0.344 e. The van der Waals surface area contributed by atoms with E-state index < -0.39 is 29.0 Å². The lowest BCUT2D eigenvalue weighted by Crippen LogP contribution is -2.29. The zero-order chi connectivity index (χ0) is 30.1. The number of methoxy groups -OCH3 is 1. The second kappa shape index (κ2) is 9.53. The van der Waals surface area contributed by atoms with Crippen LogP contribution in [0.5, 0.6) is 17.2 Å². The maximum absolute atomic E-state index is 13.6. The van der Waals surface area contributed by atoms with Crippen LogP contribution in [0.25, 0.3) is 21.9 Å². The van der Waals surface area contributed by atoms with Gasteiger partial charge in [-0.25, -0.2) is 9.59 Å². The molecule has 9 heteroatoms. The molecule has 0 bridgehead atoms. The quantitative estimate of drug-likeness (QED) is 0.183. The Morgan fingerprint density at radius 1 is 0.682 bits per heavy atom. The van der Waals surface area contributed by atoms with Gasteiger partial charge >= 0.3 is 11.3 Å². The van der Waals surface area contributed by atoms with Crippen LogP contribution in [0, 0.1) is 0 Å². The van der Waals surface area contributed by atoms with Crippen LogP contribution in [0.2, 0.25) is 0 Å². The van der Waals surface area contributed by atoms with E-state index in [9.17, 15) is 19.2 Å². The molecule has 2 aliphatic rings. The standard InChI is InChI=1S/C35H21NO8/c1-41-24-15-14-18(16-19(24)17-36-32(37)20-8-2-3-9-21(20)33(36)38)27-28-30(22-10-4-6-12-25(22)42-34(28)39)44-31-23-11-5-7-13-26(23)43-35(40)29(27)31/h2-16,27H,17H2,1H3. The van der Waals surface area contributed by atoms with Gasteiger partial charge in [0.05, 0.1) is 52.6 Å². The highest BCUT2D eigenvalue weighted by atomic mass is 16.5. The summed E-state index contributed by atoms with van der Waals surface area (Å²) in [6, 6.07) is 25.8. The highest BCUT2D eigenvalue weighted by Crippen LogP contribution is 2.50. The van der Waals surface area contributed by atoms with Crippen molar-refractivity contribution in [2.24, 2.45) is 0 Å². The summed E-state index contributed by atoms with van der Waals surface area (Å²) >= 11 is 0. The molecular formula is C35H21NO8. The third kappa shape index (κ3) is 3.65. The first-order valence-corrected chi connectivity index (χ1v) is 13.9. The van der Waals surface area contributed by atoms with Crippen molar-refractivity contribution in [2.45, 2.75) is 12.5 Å².